The molecule has 2 aromatic rings. The molecule has 2 heterocycles. The molecule has 1 saturated heterocycles. The van der Waals surface area contributed by atoms with E-state index < -0.39 is 0 Å². The molecule has 1 aliphatic heterocycles. The molecule has 1 amide bonds. The van der Waals surface area contributed by atoms with Gasteiger partial charge in [0.05, 0.1) is 0 Å². The highest BCUT2D eigenvalue weighted by Crippen LogP contribution is 2.29. The van der Waals surface area contributed by atoms with E-state index in [2.05, 4.69) is 21.8 Å². The highest BCUT2D eigenvalue weighted by atomic mass is 19.1. The maximum atomic E-state index is 13.3. The van der Waals surface area contributed by atoms with Crippen molar-refractivity contribution in [1.82, 2.24) is 14.9 Å². The van der Waals surface area contributed by atoms with E-state index in [9.17, 15) is 9.18 Å². The number of anilines is 1. The van der Waals surface area contributed by atoms with Gasteiger partial charge >= 0.3 is 0 Å². The normalized spacial score (nSPS) is 20.3. The van der Waals surface area contributed by atoms with Gasteiger partial charge in [-0.2, -0.15) is 0 Å². The largest absolute Gasteiger partial charge is 0.439 e. The summed E-state index contributed by atoms with van der Waals surface area (Å²) in [6, 6.07) is 6.33. The first-order valence-electron chi connectivity index (χ1n) is 10.8. The van der Waals surface area contributed by atoms with Crippen LogP contribution in [0.15, 0.2) is 30.6 Å². The zero-order valence-electron chi connectivity index (χ0n) is 17.7. The molecule has 6 nitrogen and oxygen atoms in total. The van der Waals surface area contributed by atoms with E-state index in [-0.39, 0.29) is 17.8 Å². The Labute approximate surface area is 177 Å². The molecule has 1 aromatic heterocycles. The Hall–Kier alpha value is -2.70. The molecule has 1 aromatic carbocycles. The summed E-state index contributed by atoms with van der Waals surface area (Å²) in [7, 11) is 0. The van der Waals surface area contributed by atoms with Crippen molar-refractivity contribution in [3.8, 4) is 11.6 Å². The van der Waals surface area contributed by atoms with Crippen molar-refractivity contribution in [3.63, 3.8) is 0 Å². The van der Waals surface area contributed by atoms with E-state index >= 15 is 0 Å². The summed E-state index contributed by atoms with van der Waals surface area (Å²) in [5.41, 5.74) is 0.707. The topological polar surface area (TPSA) is 58.6 Å². The first-order chi connectivity index (χ1) is 14.5. The number of carbonyl (C=O) groups excluding carboxylic acids is 1. The molecule has 160 valence electrons. The summed E-state index contributed by atoms with van der Waals surface area (Å²) in [5, 5.41) is 0. The smallest absolute Gasteiger partial charge is 0.226 e. The van der Waals surface area contributed by atoms with Gasteiger partial charge in [-0.25, -0.2) is 14.4 Å². The third kappa shape index (κ3) is 4.55. The molecular weight excluding hydrogens is 383 g/mol. The van der Waals surface area contributed by atoms with E-state index in [1.54, 1.807) is 19.1 Å². The van der Waals surface area contributed by atoms with Gasteiger partial charge in [-0.05, 0) is 50.5 Å². The van der Waals surface area contributed by atoms with Crippen LogP contribution in [-0.2, 0) is 4.79 Å². The fraction of sp³-hybridized carbons (Fsp3) is 0.522. The molecule has 0 radical (unpaired) electrons. The lowest BCUT2D eigenvalue weighted by atomic mass is 9.88. The number of aryl methyl sites for hydroxylation is 1. The van der Waals surface area contributed by atoms with Gasteiger partial charge in [0.15, 0.2) is 0 Å². The molecule has 1 saturated carbocycles. The Bertz CT molecular complexity index is 901. The van der Waals surface area contributed by atoms with Gasteiger partial charge in [0.2, 0.25) is 11.8 Å². The third-order valence-corrected chi connectivity index (χ3v) is 6.17. The van der Waals surface area contributed by atoms with E-state index in [4.69, 9.17) is 4.74 Å². The van der Waals surface area contributed by atoms with Gasteiger partial charge in [0.1, 0.15) is 23.7 Å². The lowest BCUT2D eigenvalue weighted by Gasteiger charge is -2.42. The van der Waals surface area contributed by atoms with Crippen LogP contribution in [0.2, 0.25) is 0 Å². The molecule has 7 heteroatoms. The molecule has 30 heavy (non-hydrogen) atoms. The number of piperazine rings is 1. The molecule has 0 spiro atoms. The Kier molecular flexibility index (Phi) is 6.16. The van der Waals surface area contributed by atoms with E-state index in [1.165, 1.54) is 37.7 Å². The molecular formula is C23H29FN4O2. The number of hydrogen-bond acceptors (Lipinski definition) is 5. The van der Waals surface area contributed by atoms with Crippen LogP contribution in [0, 0.1) is 18.7 Å². The Morgan fingerprint density at radius 1 is 1.13 bits per heavy atom. The number of hydrogen-bond donors (Lipinski definition) is 0. The maximum Gasteiger partial charge on any atom is 0.226 e. The van der Waals surface area contributed by atoms with Crippen LogP contribution in [0.1, 0.15) is 44.6 Å². The SMILES string of the molecule is Cc1cc(F)ccc1Oc1cc(N2CCN(C(=O)C3CCCCC3)[C@H](C)C2)ncn1. The minimum Gasteiger partial charge on any atom is -0.439 e. The van der Waals surface area contributed by atoms with Gasteiger partial charge in [0, 0.05) is 37.7 Å². The number of nitrogens with zero attached hydrogens (tertiary/aromatic N) is 4. The predicted octanol–water partition coefficient (Wildman–Crippen LogP) is 4.33. The Balaban J connectivity index is 1.41. The lowest BCUT2D eigenvalue weighted by molar-refractivity contribution is -0.139. The number of rotatable bonds is 4. The van der Waals surface area contributed by atoms with Crippen molar-refractivity contribution in [1.29, 1.82) is 0 Å². The van der Waals surface area contributed by atoms with Crippen molar-refractivity contribution in [2.45, 2.75) is 52.0 Å². The minimum absolute atomic E-state index is 0.131. The van der Waals surface area contributed by atoms with Crippen molar-refractivity contribution in [3.05, 3.63) is 42.0 Å². The Morgan fingerprint density at radius 2 is 1.93 bits per heavy atom. The first-order valence-corrected chi connectivity index (χ1v) is 10.8. The van der Waals surface area contributed by atoms with Gasteiger partial charge in [-0.3, -0.25) is 4.79 Å². The monoisotopic (exact) mass is 412 g/mol. The predicted molar refractivity (Wildman–Crippen MR) is 113 cm³/mol. The van der Waals surface area contributed by atoms with E-state index in [0.717, 1.165) is 31.7 Å². The number of aromatic nitrogens is 2. The van der Waals surface area contributed by atoms with Crippen LogP contribution in [0.4, 0.5) is 10.2 Å². The van der Waals surface area contributed by atoms with Crippen LogP contribution in [0.5, 0.6) is 11.6 Å². The average Bonchev–Trinajstić information content (AvgIpc) is 2.76. The number of benzene rings is 1. The summed E-state index contributed by atoms with van der Waals surface area (Å²) in [6.07, 6.45) is 7.13. The summed E-state index contributed by atoms with van der Waals surface area (Å²) in [5.74, 6) is 1.99. The quantitative estimate of drug-likeness (QED) is 0.748. The van der Waals surface area contributed by atoms with Crippen molar-refractivity contribution < 1.29 is 13.9 Å². The molecule has 0 unspecified atom stereocenters. The van der Waals surface area contributed by atoms with Gasteiger partial charge in [0.25, 0.3) is 0 Å². The molecule has 2 aliphatic rings. The summed E-state index contributed by atoms with van der Waals surface area (Å²) >= 11 is 0. The van der Waals surface area contributed by atoms with Crippen LogP contribution in [-0.4, -0.2) is 46.5 Å². The fourth-order valence-corrected chi connectivity index (χ4v) is 4.48. The summed E-state index contributed by atoms with van der Waals surface area (Å²) in [4.78, 5) is 25.8. The van der Waals surface area contributed by atoms with Gasteiger partial charge in [-0.1, -0.05) is 19.3 Å². The van der Waals surface area contributed by atoms with E-state index in [1.807, 2.05) is 4.90 Å². The Morgan fingerprint density at radius 3 is 2.67 bits per heavy atom. The van der Waals surface area contributed by atoms with Crippen molar-refractivity contribution in [2.75, 3.05) is 24.5 Å². The molecule has 0 N–H and O–H groups in total. The number of halogens is 1. The minimum atomic E-state index is -0.294. The molecule has 1 atom stereocenters. The lowest BCUT2D eigenvalue weighted by Crippen LogP contribution is -2.55. The summed E-state index contributed by atoms with van der Waals surface area (Å²) < 4.78 is 19.2. The van der Waals surface area contributed by atoms with Crippen molar-refractivity contribution >= 4 is 11.7 Å². The zero-order chi connectivity index (χ0) is 21.1. The molecule has 2 fully saturated rings. The zero-order valence-corrected chi connectivity index (χ0v) is 17.7. The number of carbonyl (C=O) groups is 1. The third-order valence-electron chi connectivity index (χ3n) is 6.17. The summed E-state index contributed by atoms with van der Waals surface area (Å²) in [6.45, 7) is 6.06. The highest BCUT2D eigenvalue weighted by molar-refractivity contribution is 5.79. The first kappa shape index (κ1) is 20.6. The van der Waals surface area contributed by atoms with Gasteiger partial charge < -0.3 is 14.5 Å². The highest BCUT2D eigenvalue weighted by Gasteiger charge is 2.32. The van der Waals surface area contributed by atoms with Crippen LogP contribution in [0.25, 0.3) is 0 Å². The van der Waals surface area contributed by atoms with Crippen LogP contribution in [0.3, 0.4) is 0 Å². The number of ether oxygens (including phenoxy) is 1. The molecule has 1 aliphatic carbocycles. The van der Waals surface area contributed by atoms with Crippen molar-refractivity contribution in [2.24, 2.45) is 5.92 Å². The average molecular weight is 413 g/mol. The van der Waals surface area contributed by atoms with Gasteiger partial charge in [-0.15, -0.1) is 0 Å². The van der Waals surface area contributed by atoms with Crippen LogP contribution >= 0.6 is 0 Å². The standard InChI is InChI=1S/C23H29FN4O2/c1-16-12-19(24)8-9-20(16)30-22-13-21(25-15-26-22)27-10-11-28(17(2)14-27)23(29)18-6-4-3-5-7-18/h8-9,12-13,15,17-18H,3-7,10-11,14H2,1-2H3/t17-/m1/s1. The second-order valence-electron chi connectivity index (χ2n) is 8.39. The van der Waals surface area contributed by atoms with E-state index in [0.29, 0.717) is 29.6 Å². The second-order valence-corrected chi connectivity index (χ2v) is 8.39. The molecule has 0 bridgehead atoms. The second kappa shape index (κ2) is 8.98. The maximum absolute atomic E-state index is 13.3. The fourth-order valence-electron chi connectivity index (χ4n) is 4.48. The molecule has 4 rings (SSSR count). The van der Waals surface area contributed by atoms with Crippen LogP contribution < -0.4 is 9.64 Å². The number of amides is 1.